The van der Waals surface area contributed by atoms with Gasteiger partial charge in [-0.05, 0) is 44.4 Å². The molecule has 2 unspecified atom stereocenters. The van der Waals surface area contributed by atoms with Gasteiger partial charge in [0, 0.05) is 19.7 Å². The van der Waals surface area contributed by atoms with Crippen LogP contribution >= 0.6 is 0 Å². The molecule has 122 valence electrons. The molecular weight excluding hydrogens is 268 g/mol. The molecule has 2 aliphatic carbocycles. The molecule has 2 saturated carbocycles. The van der Waals surface area contributed by atoms with E-state index in [4.69, 9.17) is 4.74 Å². The summed E-state index contributed by atoms with van der Waals surface area (Å²) in [6, 6.07) is -0.101. The van der Waals surface area contributed by atoms with Crippen LogP contribution in [-0.2, 0) is 4.74 Å². The fraction of sp³-hybridized carbons (Fsp3) is 0.938. The van der Waals surface area contributed by atoms with Crippen molar-refractivity contribution in [3.63, 3.8) is 0 Å². The quantitative estimate of drug-likeness (QED) is 0.631. The lowest BCUT2D eigenvalue weighted by molar-refractivity contribution is 0.0571. The zero-order valence-corrected chi connectivity index (χ0v) is 13.0. The predicted molar refractivity (Wildman–Crippen MR) is 82.2 cm³/mol. The Morgan fingerprint density at radius 3 is 2.67 bits per heavy atom. The summed E-state index contributed by atoms with van der Waals surface area (Å²) in [6.45, 7) is 2.06. The van der Waals surface area contributed by atoms with Crippen LogP contribution in [0.2, 0.25) is 0 Å². The number of rotatable bonds is 7. The van der Waals surface area contributed by atoms with Gasteiger partial charge in [0.25, 0.3) is 0 Å². The summed E-state index contributed by atoms with van der Waals surface area (Å²) in [7, 11) is 0. The molecule has 2 amide bonds. The highest BCUT2D eigenvalue weighted by Crippen LogP contribution is 2.23. The maximum absolute atomic E-state index is 11.7. The number of carbonyl (C=O) groups excluding carboxylic acids is 1. The normalized spacial score (nSPS) is 26.7. The number of urea groups is 1. The first-order valence-electron chi connectivity index (χ1n) is 8.55. The van der Waals surface area contributed by atoms with E-state index >= 15 is 0 Å². The van der Waals surface area contributed by atoms with E-state index in [1.165, 1.54) is 25.7 Å². The molecule has 0 saturated heterocycles. The van der Waals surface area contributed by atoms with E-state index in [0.717, 1.165) is 38.7 Å². The van der Waals surface area contributed by atoms with Crippen LogP contribution in [0, 0.1) is 5.92 Å². The van der Waals surface area contributed by atoms with Gasteiger partial charge < -0.3 is 20.5 Å². The third-order valence-corrected chi connectivity index (χ3v) is 4.57. The minimum Gasteiger partial charge on any atom is -0.393 e. The van der Waals surface area contributed by atoms with Gasteiger partial charge in [0.2, 0.25) is 0 Å². The van der Waals surface area contributed by atoms with Crippen LogP contribution in [0.5, 0.6) is 0 Å². The van der Waals surface area contributed by atoms with Gasteiger partial charge >= 0.3 is 6.03 Å². The number of aliphatic hydroxyl groups is 1. The van der Waals surface area contributed by atoms with Crippen LogP contribution in [0.4, 0.5) is 4.79 Å². The highest BCUT2D eigenvalue weighted by Gasteiger charge is 2.20. The molecule has 0 radical (unpaired) electrons. The van der Waals surface area contributed by atoms with Gasteiger partial charge in [-0.25, -0.2) is 4.79 Å². The second kappa shape index (κ2) is 9.26. The molecule has 2 aliphatic rings. The fourth-order valence-corrected chi connectivity index (χ4v) is 3.33. The van der Waals surface area contributed by atoms with Crippen LogP contribution in [0.15, 0.2) is 0 Å². The van der Waals surface area contributed by atoms with Crippen molar-refractivity contribution in [2.45, 2.75) is 70.0 Å². The van der Waals surface area contributed by atoms with E-state index in [9.17, 15) is 9.90 Å². The Kier molecular flexibility index (Phi) is 7.30. The molecule has 0 aromatic heterocycles. The van der Waals surface area contributed by atoms with Gasteiger partial charge in [-0.15, -0.1) is 0 Å². The third-order valence-electron chi connectivity index (χ3n) is 4.57. The molecular formula is C16H30N2O3. The SMILES string of the molecule is O=C(NCCCOC1CCCC1)NCC1CCCC(O)C1. The second-order valence-electron chi connectivity index (χ2n) is 6.45. The van der Waals surface area contributed by atoms with Crippen molar-refractivity contribution in [3.8, 4) is 0 Å². The minimum absolute atomic E-state index is 0.101. The number of hydrogen-bond acceptors (Lipinski definition) is 3. The Balaban J connectivity index is 1.43. The number of amides is 2. The zero-order chi connectivity index (χ0) is 14.9. The molecule has 3 N–H and O–H groups in total. The van der Waals surface area contributed by atoms with E-state index in [1.54, 1.807) is 0 Å². The lowest BCUT2D eigenvalue weighted by Gasteiger charge is -2.25. The Hall–Kier alpha value is -0.810. The molecule has 0 aliphatic heterocycles. The van der Waals surface area contributed by atoms with Gasteiger partial charge in [-0.3, -0.25) is 0 Å². The van der Waals surface area contributed by atoms with Crippen LogP contribution in [-0.4, -0.2) is 43.0 Å². The molecule has 0 spiro atoms. The van der Waals surface area contributed by atoms with E-state index in [0.29, 0.717) is 25.1 Å². The van der Waals surface area contributed by atoms with Crippen molar-refractivity contribution in [1.82, 2.24) is 10.6 Å². The van der Waals surface area contributed by atoms with Crippen LogP contribution < -0.4 is 10.6 Å². The summed E-state index contributed by atoms with van der Waals surface area (Å²) in [4.78, 5) is 11.7. The first kappa shape index (κ1) is 16.6. The lowest BCUT2D eigenvalue weighted by atomic mass is 9.87. The largest absolute Gasteiger partial charge is 0.393 e. The summed E-state index contributed by atoms with van der Waals surface area (Å²) >= 11 is 0. The van der Waals surface area contributed by atoms with Crippen LogP contribution in [0.3, 0.4) is 0 Å². The molecule has 5 nitrogen and oxygen atoms in total. The maximum Gasteiger partial charge on any atom is 0.314 e. The molecule has 2 rings (SSSR count). The van der Waals surface area contributed by atoms with E-state index in [1.807, 2.05) is 0 Å². The second-order valence-corrected chi connectivity index (χ2v) is 6.45. The van der Waals surface area contributed by atoms with Crippen molar-refractivity contribution in [1.29, 1.82) is 0 Å². The summed E-state index contributed by atoms with van der Waals surface area (Å²) < 4.78 is 5.75. The number of nitrogens with one attached hydrogen (secondary N) is 2. The third kappa shape index (κ3) is 6.66. The summed E-state index contributed by atoms with van der Waals surface area (Å²) in [6.07, 6.45) is 10.0. The Labute approximate surface area is 127 Å². The first-order chi connectivity index (χ1) is 10.2. The summed E-state index contributed by atoms with van der Waals surface area (Å²) in [5.74, 6) is 0.421. The molecule has 5 heteroatoms. The topological polar surface area (TPSA) is 70.6 Å². The first-order valence-corrected chi connectivity index (χ1v) is 8.55. The molecule has 0 aromatic rings. The zero-order valence-electron chi connectivity index (χ0n) is 13.0. The van der Waals surface area contributed by atoms with E-state index < -0.39 is 0 Å². The van der Waals surface area contributed by atoms with Crippen molar-refractivity contribution in [3.05, 3.63) is 0 Å². The fourth-order valence-electron chi connectivity index (χ4n) is 3.33. The lowest BCUT2D eigenvalue weighted by Crippen LogP contribution is -2.40. The Morgan fingerprint density at radius 2 is 1.90 bits per heavy atom. The number of carbonyl (C=O) groups is 1. The standard InChI is InChI=1S/C16H30N2O3/c19-14-6-3-5-13(11-14)12-18-16(20)17-9-4-10-21-15-7-1-2-8-15/h13-15,19H,1-12H2,(H2,17,18,20). The molecule has 2 atom stereocenters. The highest BCUT2D eigenvalue weighted by molar-refractivity contribution is 5.73. The number of hydrogen-bond donors (Lipinski definition) is 3. The van der Waals surface area contributed by atoms with Gasteiger partial charge in [-0.2, -0.15) is 0 Å². The van der Waals surface area contributed by atoms with Crippen molar-refractivity contribution < 1.29 is 14.6 Å². The Bertz CT molecular complexity index is 306. The summed E-state index contributed by atoms with van der Waals surface area (Å²) in [5.41, 5.74) is 0. The van der Waals surface area contributed by atoms with E-state index in [-0.39, 0.29) is 12.1 Å². The van der Waals surface area contributed by atoms with Gasteiger partial charge in [0.15, 0.2) is 0 Å². The minimum atomic E-state index is -0.179. The number of aliphatic hydroxyl groups excluding tert-OH is 1. The van der Waals surface area contributed by atoms with Crippen LogP contribution in [0.25, 0.3) is 0 Å². The molecule has 0 bridgehead atoms. The van der Waals surface area contributed by atoms with Crippen molar-refractivity contribution in [2.24, 2.45) is 5.92 Å². The average Bonchev–Trinajstić information content (AvgIpc) is 2.98. The molecule has 0 heterocycles. The predicted octanol–water partition coefficient (Wildman–Crippen LogP) is 2.19. The summed E-state index contributed by atoms with van der Waals surface area (Å²) in [5, 5.41) is 15.4. The van der Waals surface area contributed by atoms with Gasteiger partial charge in [0.05, 0.1) is 12.2 Å². The van der Waals surface area contributed by atoms with Crippen molar-refractivity contribution in [2.75, 3.05) is 19.7 Å². The molecule has 0 aromatic carbocycles. The smallest absolute Gasteiger partial charge is 0.314 e. The monoisotopic (exact) mass is 298 g/mol. The van der Waals surface area contributed by atoms with Gasteiger partial charge in [0.1, 0.15) is 0 Å². The van der Waals surface area contributed by atoms with Gasteiger partial charge in [-0.1, -0.05) is 19.3 Å². The average molecular weight is 298 g/mol. The molecule has 21 heavy (non-hydrogen) atoms. The number of ether oxygens (including phenoxy) is 1. The maximum atomic E-state index is 11.7. The van der Waals surface area contributed by atoms with E-state index in [2.05, 4.69) is 10.6 Å². The van der Waals surface area contributed by atoms with Crippen molar-refractivity contribution >= 4 is 6.03 Å². The highest BCUT2D eigenvalue weighted by atomic mass is 16.5. The Morgan fingerprint density at radius 1 is 1.10 bits per heavy atom. The van der Waals surface area contributed by atoms with Crippen LogP contribution in [0.1, 0.15) is 57.8 Å². The molecule has 2 fully saturated rings.